The molecule has 2 aromatic carbocycles. The Morgan fingerprint density at radius 2 is 1.67 bits per heavy atom. The summed E-state index contributed by atoms with van der Waals surface area (Å²) in [6.07, 6.45) is 0. The van der Waals surface area contributed by atoms with Gasteiger partial charge in [0.1, 0.15) is 0 Å². The van der Waals surface area contributed by atoms with Crippen LogP contribution in [0.3, 0.4) is 0 Å². The quantitative estimate of drug-likeness (QED) is 0.718. The van der Waals surface area contributed by atoms with Gasteiger partial charge >= 0.3 is 11.8 Å². The van der Waals surface area contributed by atoms with Gasteiger partial charge in [-0.25, -0.2) is 0 Å². The van der Waals surface area contributed by atoms with Crippen molar-refractivity contribution in [2.75, 3.05) is 45.1 Å². The molecule has 3 rings (SSSR count). The van der Waals surface area contributed by atoms with Crippen LogP contribution in [0.2, 0.25) is 5.02 Å². The minimum atomic E-state index is -0.698. The number of benzene rings is 2. The monoisotopic (exact) mass is 428 g/mol. The molecule has 7 heteroatoms. The summed E-state index contributed by atoms with van der Waals surface area (Å²) in [6, 6.07) is 13.5. The second kappa shape index (κ2) is 10.1. The second-order valence-electron chi connectivity index (χ2n) is 7.89. The Morgan fingerprint density at radius 1 is 1.00 bits per heavy atom. The molecule has 0 saturated carbocycles. The lowest BCUT2D eigenvalue weighted by Crippen LogP contribution is -2.49. The number of amides is 2. The van der Waals surface area contributed by atoms with E-state index in [1.165, 1.54) is 5.56 Å². The maximum atomic E-state index is 12.4. The van der Waals surface area contributed by atoms with Crippen molar-refractivity contribution in [2.24, 2.45) is 0 Å². The van der Waals surface area contributed by atoms with E-state index in [1.54, 1.807) is 18.2 Å². The van der Waals surface area contributed by atoms with Crippen molar-refractivity contribution in [1.29, 1.82) is 0 Å². The van der Waals surface area contributed by atoms with Crippen molar-refractivity contribution < 1.29 is 9.59 Å². The summed E-state index contributed by atoms with van der Waals surface area (Å²) in [5, 5.41) is 5.97. The maximum Gasteiger partial charge on any atom is 0.313 e. The van der Waals surface area contributed by atoms with Crippen LogP contribution in [0.15, 0.2) is 42.5 Å². The summed E-state index contributed by atoms with van der Waals surface area (Å²) in [5.41, 5.74) is 3.74. The van der Waals surface area contributed by atoms with Gasteiger partial charge in [0.05, 0.1) is 6.04 Å². The van der Waals surface area contributed by atoms with E-state index in [1.807, 2.05) is 6.92 Å². The molecule has 1 saturated heterocycles. The average Bonchev–Trinajstić information content (AvgIpc) is 2.73. The number of hydrogen-bond acceptors (Lipinski definition) is 4. The summed E-state index contributed by atoms with van der Waals surface area (Å²) >= 11 is 6.09. The summed E-state index contributed by atoms with van der Waals surface area (Å²) in [5.74, 6) is -1.35. The number of likely N-dealkylation sites (N-methyl/N-ethyl adjacent to an activating group) is 1. The Balaban J connectivity index is 1.65. The molecule has 2 amide bonds. The van der Waals surface area contributed by atoms with E-state index in [0.717, 1.165) is 37.3 Å². The molecule has 160 valence electrons. The lowest BCUT2D eigenvalue weighted by Gasteiger charge is -2.38. The van der Waals surface area contributed by atoms with Crippen LogP contribution < -0.4 is 10.6 Å². The van der Waals surface area contributed by atoms with Crippen LogP contribution in [-0.4, -0.2) is 61.4 Å². The van der Waals surface area contributed by atoms with Gasteiger partial charge in [-0.15, -0.1) is 0 Å². The third-order valence-corrected chi connectivity index (χ3v) is 5.94. The van der Waals surface area contributed by atoms with E-state index in [9.17, 15) is 9.59 Å². The summed E-state index contributed by atoms with van der Waals surface area (Å²) < 4.78 is 0. The lowest BCUT2D eigenvalue weighted by atomic mass is 10.0. The highest BCUT2D eigenvalue weighted by atomic mass is 35.5. The van der Waals surface area contributed by atoms with E-state index < -0.39 is 11.8 Å². The molecule has 0 aromatic heterocycles. The van der Waals surface area contributed by atoms with Gasteiger partial charge in [-0.3, -0.25) is 14.5 Å². The molecule has 1 aliphatic rings. The molecule has 0 bridgehead atoms. The van der Waals surface area contributed by atoms with Gasteiger partial charge in [0.15, 0.2) is 0 Å². The first-order valence-electron chi connectivity index (χ1n) is 10.2. The molecule has 0 unspecified atom stereocenters. The molecule has 6 nitrogen and oxygen atoms in total. The molecule has 0 spiro atoms. The van der Waals surface area contributed by atoms with Gasteiger partial charge in [-0.2, -0.15) is 0 Å². The van der Waals surface area contributed by atoms with Crippen LogP contribution in [0, 0.1) is 13.8 Å². The normalized spacial score (nSPS) is 16.1. The van der Waals surface area contributed by atoms with E-state index in [4.69, 9.17) is 11.6 Å². The van der Waals surface area contributed by atoms with Gasteiger partial charge in [-0.05, 0) is 44.2 Å². The van der Waals surface area contributed by atoms with Crippen molar-refractivity contribution in [3.63, 3.8) is 0 Å². The molecule has 1 atom stereocenters. The van der Waals surface area contributed by atoms with E-state index in [-0.39, 0.29) is 6.04 Å². The summed E-state index contributed by atoms with van der Waals surface area (Å²) in [4.78, 5) is 29.4. The topological polar surface area (TPSA) is 64.7 Å². The van der Waals surface area contributed by atoms with E-state index in [2.05, 4.69) is 58.7 Å². The summed E-state index contributed by atoms with van der Waals surface area (Å²) in [6.45, 7) is 8.09. The fraction of sp³-hybridized carbons (Fsp3) is 0.391. The Morgan fingerprint density at radius 3 is 2.30 bits per heavy atom. The molecule has 0 aliphatic carbocycles. The number of rotatable bonds is 5. The molecule has 1 heterocycles. The minimum Gasteiger partial charge on any atom is -0.346 e. The standard InChI is InChI=1S/C23H29ClN4O2/c1-16-4-7-18(8-5-16)21(28-12-10-27(3)11-13-28)15-25-22(29)23(30)26-19-9-6-17(2)20(24)14-19/h4-9,14,21H,10-13,15H2,1-3H3,(H,25,29)(H,26,30)/t21-/m0/s1. The van der Waals surface area contributed by atoms with Gasteiger partial charge in [0.2, 0.25) is 0 Å². The highest BCUT2D eigenvalue weighted by molar-refractivity contribution is 6.39. The number of aryl methyl sites for hydroxylation is 2. The van der Waals surface area contributed by atoms with Gasteiger partial charge < -0.3 is 15.5 Å². The van der Waals surface area contributed by atoms with Crippen molar-refractivity contribution in [1.82, 2.24) is 15.1 Å². The zero-order valence-electron chi connectivity index (χ0n) is 17.7. The van der Waals surface area contributed by atoms with E-state index in [0.29, 0.717) is 17.3 Å². The van der Waals surface area contributed by atoms with Crippen LogP contribution >= 0.6 is 11.6 Å². The smallest absolute Gasteiger partial charge is 0.313 e. The molecule has 30 heavy (non-hydrogen) atoms. The Kier molecular flexibility index (Phi) is 7.48. The van der Waals surface area contributed by atoms with Crippen LogP contribution in [0.5, 0.6) is 0 Å². The van der Waals surface area contributed by atoms with Gasteiger partial charge in [-0.1, -0.05) is 47.5 Å². The third kappa shape index (κ3) is 5.81. The maximum absolute atomic E-state index is 12.4. The molecule has 1 fully saturated rings. The largest absolute Gasteiger partial charge is 0.346 e. The Hall–Kier alpha value is -2.41. The minimum absolute atomic E-state index is 0.0184. The van der Waals surface area contributed by atoms with Crippen LogP contribution in [0.25, 0.3) is 0 Å². The zero-order valence-corrected chi connectivity index (χ0v) is 18.5. The Bertz CT molecular complexity index is 893. The number of carbonyl (C=O) groups is 2. The fourth-order valence-electron chi connectivity index (χ4n) is 3.51. The fourth-order valence-corrected chi connectivity index (χ4v) is 3.69. The zero-order chi connectivity index (χ0) is 21.7. The number of piperazine rings is 1. The van der Waals surface area contributed by atoms with E-state index >= 15 is 0 Å². The van der Waals surface area contributed by atoms with Crippen molar-refractivity contribution in [3.05, 3.63) is 64.2 Å². The third-order valence-electron chi connectivity index (χ3n) is 5.53. The first-order chi connectivity index (χ1) is 14.3. The first-order valence-corrected chi connectivity index (χ1v) is 10.6. The SMILES string of the molecule is Cc1ccc([C@H](CNC(=O)C(=O)Nc2ccc(C)c(Cl)c2)N2CCN(C)CC2)cc1. The molecular formula is C23H29ClN4O2. The Labute approximate surface area is 183 Å². The molecule has 0 radical (unpaired) electrons. The molecule has 1 aliphatic heterocycles. The van der Waals surface area contributed by atoms with Crippen LogP contribution in [0.1, 0.15) is 22.7 Å². The van der Waals surface area contributed by atoms with Crippen molar-refractivity contribution in [2.45, 2.75) is 19.9 Å². The predicted molar refractivity (Wildman–Crippen MR) is 121 cm³/mol. The average molecular weight is 429 g/mol. The lowest BCUT2D eigenvalue weighted by molar-refractivity contribution is -0.136. The number of hydrogen-bond donors (Lipinski definition) is 2. The van der Waals surface area contributed by atoms with Crippen LogP contribution in [-0.2, 0) is 9.59 Å². The predicted octanol–water partition coefficient (Wildman–Crippen LogP) is 3.00. The summed E-state index contributed by atoms with van der Waals surface area (Å²) in [7, 11) is 2.11. The molecular weight excluding hydrogens is 400 g/mol. The molecule has 2 aromatic rings. The molecule has 2 N–H and O–H groups in total. The van der Waals surface area contributed by atoms with Gasteiger partial charge in [0.25, 0.3) is 0 Å². The van der Waals surface area contributed by atoms with Crippen LogP contribution in [0.4, 0.5) is 5.69 Å². The number of carbonyl (C=O) groups excluding carboxylic acids is 2. The number of nitrogens with one attached hydrogen (secondary N) is 2. The van der Waals surface area contributed by atoms with Crippen molar-refractivity contribution in [3.8, 4) is 0 Å². The second-order valence-corrected chi connectivity index (χ2v) is 8.30. The van der Waals surface area contributed by atoms with Gasteiger partial charge in [0, 0.05) is 43.4 Å². The number of halogens is 1. The highest BCUT2D eigenvalue weighted by Crippen LogP contribution is 2.22. The number of anilines is 1. The number of nitrogens with zero attached hydrogens (tertiary/aromatic N) is 2. The van der Waals surface area contributed by atoms with Crippen molar-refractivity contribution >= 4 is 29.1 Å². The highest BCUT2D eigenvalue weighted by Gasteiger charge is 2.25. The first kappa shape index (κ1) is 22.3.